The van der Waals surface area contributed by atoms with Crippen LogP contribution in [0.1, 0.15) is 29.8 Å². The summed E-state index contributed by atoms with van der Waals surface area (Å²) < 4.78 is 0. The minimum Gasteiger partial charge on any atom is -0.351 e. The molecule has 0 saturated carbocycles. The number of nitrogens with zero attached hydrogens (tertiary/aromatic N) is 1. The Morgan fingerprint density at radius 2 is 1.94 bits per heavy atom. The van der Waals surface area contributed by atoms with Gasteiger partial charge in [0.05, 0.1) is 0 Å². The molecule has 4 nitrogen and oxygen atoms in total. The van der Waals surface area contributed by atoms with E-state index in [2.05, 4.69) is 60.3 Å². The molecule has 1 aromatic heterocycles. The zero-order chi connectivity index (χ0) is 22.2. The van der Waals surface area contributed by atoms with Crippen molar-refractivity contribution in [3.63, 3.8) is 0 Å². The number of nitrogens with one attached hydrogen (secondary N) is 2. The molecule has 1 atom stereocenters. The summed E-state index contributed by atoms with van der Waals surface area (Å²) in [6.07, 6.45) is 9.53. The van der Waals surface area contributed by atoms with Crippen molar-refractivity contribution in [3.05, 3.63) is 102 Å². The molecule has 0 bridgehead atoms. The summed E-state index contributed by atoms with van der Waals surface area (Å²) in [4.78, 5) is 17.0. The third-order valence-electron chi connectivity index (χ3n) is 5.23. The van der Waals surface area contributed by atoms with Gasteiger partial charge in [0, 0.05) is 29.4 Å². The van der Waals surface area contributed by atoms with Crippen molar-refractivity contribution in [1.29, 1.82) is 0 Å². The zero-order valence-electron chi connectivity index (χ0n) is 18.4. The summed E-state index contributed by atoms with van der Waals surface area (Å²) in [6, 6.07) is 15.8. The summed E-state index contributed by atoms with van der Waals surface area (Å²) in [7, 11) is 0. The van der Waals surface area contributed by atoms with Crippen LogP contribution in [0.4, 0.5) is 11.5 Å². The largest absolute Gasteiger partial charge is 0.351 e. The first-order chi connectivity index (χ1) is 15.0. The molecule has 0 aliphatic carbocycles. The second kappa shape index (κ2) is 10.4. The summed E-state index contributed by atoms with van der Waals surface area (Å²) in [5, 5.41) is 8.59. The number of aromatic nitrogens is 1. The van der Waals surface area contributed by atoms with Crippen molar-refractivity contribution in [1.82, 2.24) is 10.3 Å². The molecule has 0 fully saturated rings. The van der Waals surface area contributed by atoms with E-state index < -0.39 is 0 Å². The Morgan fingerprint density at radius 3 is 2.65 bits per heavy atom. The number of fused-ring (bicyclic) bond motifs is 1. The van der Waals surface area contributed by atoms with E-state index in [1.54, 1.807) is 12.3 Å². The second-order valence-electron chi connectivity index (χ2n) is 7.58. The van der Waals surface area contributed by atoms with Crippen LogP contribution in [0, 0.1) is 12.8 Å². The number of hydrogen-bond donors (Lipinski definition) is 2. The van der Waals surface area contributed by atoms with Gasteiger partial charge < -0.3 is 10.6 Å². The molecule has 2 N–H and O–H groups in total. The Balaban J connectivity index is 1.65. The highest BCUT2D eigenvalue weighted by molar-refractivity contribution is 5.95. The van der Waals surface area contributed by atoms with Crippen LogP contribution in [0.3, 0.4) is 0 Å². The third kappa shape index (κ3) is 5.70. The number of aryl methyl sites for hydroxylation is 1. The monoisotopic (exact) mass is 411 g/mol. The molecule has 0 aliphatic heterocycles. The lowest BCUT2D eigenvalue weighted by Gasteiger charge is -2.14. The normalized spacial score (nSPS) is 12.7. The Labute approximate surface area is 184 Å². The molecule has 0 spiro atoms. The molecular formula is C27H29N3O. The van der Waals surface area contributed by atoms with Crippen LogP contribution in [0.5, 0.6) is 0 Å². The van der Waals surface area contributed by atoms with Crippen molar-refractivity contribution >= 4 is 28.2 Å². The summed E-state index contributed by atoms with van der Waals surface area (Å²) in [6.45, 7) is 10.4. The van der Waals surface area contributed by atoms with Crippen LogP contribution in [-0.4, -0.2) is 17.4 Å². The zero-order valence-corrected chi connectivity index (χ0v) is 18.4. The average molecular weight is 412 g/mol. The van der Waals surface area contributed by atoms with Crippen LogP contribution in [-0.2, 0) is 0 Å². The van der Waals surface area contributed by atoms with Crippen LogP contribution < -0.4 is 10.6 Å². The molecule has 3 aromatic rings. The topological polar surface area (TPSA) is 54.0 Å². The molecule has 2 aromatic carbocycles. The molecule has 1 unspecified atom stereocenters. The fraction of sp³-hybridized carbons (Fsp3) is 0.185. The van der Waals surface area contributed by atoms with Crippen LogP contribution >= 0.6 is 0 Å². The minimum absolute atomic E-state index is 0.0829. The number of benzene rings is 2. The number of carbonyl (C=O) groups is 1. The lowest BCUT2D eigenvalue weighted by molar-refractivity contribution is 0.0950. The van der Waals surface area contributed by atoms with Crippen LogP contribution in [0.2, 0.25) is 0 Å². The van der Waals surface area contributed by atoms with Crippen molar-refractivity contribution in [2.45, 2.75) is 20.8 Å². The number of anilines is 2. The molecule has 1 heterocycles. The summed E-state index contributed by atoms with van der Waals surface area (Å²) in [5.74, 6) is 0.936. The maximum absolute atomic E-state index is 12.6. The summed E-state index contributed by atoms with van der Waals surface area (Å²) in [5.41, 5.74) is 3.86. The van der Waals surface area contributed by atoms with E-state index in [4.69, 9.17) is 0 Å². The quantitative estimate of drug-likeness (QED) is 0.425. The molecule has 158 valence electrons. The van der Waals surface area contributed by atoms with Gasteiger partial charge in [0.15, 0.2) is 0 Å². The van der Waals surface area contributed by atoms with Crippen molar-refractivity contribution in [2.75, 3.05) is 11.9 Å². The van der Waals surface area contributed by atoms with E-state index in [1.807, 2.05) is 49.4 Å². The minimum atomic E-state index is -0.0829. The molecule has 4 heteroatoms. The molecule has 1 amide bonds. The maximum atomic E-state index is 12.6. The van der Waals surface area contributed by atoms with Gasteiger partial charge in [-0.2, -0.15) is 0 Å². The number of allylic oxidation sites excluding steroid dienone is 4. The predicted octanol–water partition coefficient (Wildman–Crippen LogP) is 6.34. The third-order valence-corrected chi connectivity index (χ3v) is 5.23. The summed E-state index contributed by atoms with van der Waals surface area (Å²) >= 11 is 0. The van der Waals surface area contributed by atoms with E-state index in [-0.39, 0.29) is 11.8 Å². The van der Waals surface area contributed by atoms with Gasteiger partial charge >= 0.3 is 0 Å². The first-order valence-electron chi connectivity index (χ1n) is 10.5. The van der Waals surface area contributed by atoms with Gasteiger partial charge in [-0.05, 0) is 67.1 Å². The van der Waals surface area contributed by atoms with E-state index in [9.17, 15) is 4.79 Å². The first kappa shape index (κ1) is 22.0. The Morgan fingerprint density at radius 1 is 1.16 bits per heavy atom. The van der Waals surface area contributed by atoms with Gasteiger partial charge in [-0.15, -0.1) is 0 Å². The SMILES string of the molecule is C=C/C=C\C(=C/C)C(C)CNC(=O)c1ccc(Nc2nccc3ccc(C)cc23)cc1. The Bertz CT molecular complexity index is 1130. The molecule has 3 rings (SSSR count). The van der Waals surface area contributed by atoms with Crippen molar-refractivity contribution in [2.24, 2.45) is 5.92 Å². The predicted molar refractivity (Wildman–Crippen MR) is 131 cm³/mol. The maximum Gasteiger partial charge on any atom is 0.251 e. The second-order valence-corrected chi connectivity index (χ2v) is 7.58. The van der Waals surface area contributed by atoms with Gasteiger partial charge in [0.25, 0.3) is 5.91 Å². The number of pyridine rings is 1. The number of rotatable bonds is 8. The van der Waals surface area contributed by atoms with Crippen molar-refractivity contribution < 1.29 is 4.79 Å². The molecule has 0 saturated heterocycles. The highest BCUT2D eigenvalue weighted by Crippen LogP contribution is 2.25. The van der Waals surface area contributed by atoms with Gasteiger partial charge in [-0.3, -0.25) is 4.79 Å². The Hall–Kier alpha value is -3.66. The lowest BCUT2D eigenvalue weighted by Crippen LogP contribution is -2.28. The smallest absolute Gasteiger partial charge is 0.251 e. The molecule has 31 heavy (non-hydrogen) atoms. The van der Waals surface area contributed by atoms with E-state index in [1.165, 1.54) is 5.56 Å². The van der Waals surface area contributed by atoms with E-state index >= 15 is 0 Å². The van der Waals surface area contributed by atoms with Gasteiger partial charge in [-0.1, -0.05) is 55.5 Å². The molecular weight excluding hydrogens is 382 g/mol. The van der Waals surface area contributed by atoms with Gasteiger partial charge in [0.1, 0.15) is 5.82 Å². The van der Waals surface area contributed by atoms with Crippen LogP contribution in [0.25, 0.3) is 10.8 Å². The lowest BCUT2D eigenvalue weighted by atomic mass is 10.00. The van der Waals surface area contributed by atoms with Gasteiger partial charge in [0.2, 0.25) is 0 Å². The Kier molecular flexibility index (Phi) is 7.39. The fourth-order valence-corrected chi connectivity index (χ4v) is 3.41. The standard InChI is InChI=1S/C27H29N3O/c1-5-7-8-21(6-2)20(4)18-29-27(31)23-11-13-24(14-12-23)30-26-25-17-19(3)9-10-22(25)15-16-28-26/h5-17,20H,1,18H2,2-4H3,(H,28,30)(H,29,31)/b8-7-,21-6+. The van der Waals surface area contributed by atoms with E-state index in [0.717, 1.165) is 27.9 Å². The highest BCUT2D eigenvalue weighted by Gasteiger charge is 2.10. The van der Waals surface area contributed by atoms with Gasteiger partial charge in [-0.25, -0.2) is 4.98 Å². The number of carbonyl (C=O) groups excluding carboxylic acids is 1. The first-order valence-corrected chi connectivity index (χ1v) is 10.5. The number of amides is 1. The van der Waals surface area contributed by atoms with Crippen LogP contribution in [0.15, 0.2) is 91.2 Å². The number of hydrogen-bond acceptors (Lipinski definition) is 3. The fourth-order valence-electron chi connectivity index (χ4n) is 3.41. The average Bonchev–Trinajstić information content (AvgIpc) is 2.79. The van der Waals surface area contributed by atoms with Crippen molar-refractivity contribution in [3.8, 4) is 0 Å². The van der Waals surface area contributed by atoms with E-state index in [0.29, 0.717) is 12.1 Å². The molecule has 0 aliphatic rings. The molecule has 0 radical (unpaired) electrons. The highest BCUT2D eigenvalue weighted by atomic mass is 16.1.